The first-order valence-corrected chi connectivity index (χ1v) is 6.75. The van der Waals surface area contributed by atoms with Gasteiger partial charge in [-0.3, -0.25) is 4.79 Å². The Labute approximate surface area is 128 Å². The molecule has 0 aliphatic carbocycles. The second-order valence-corrected chi connectivity index (χ2v) is 4.80. The Morgan fingerprint density at radius 1 is 0.909 bits per heavy atom. The van der Waals surface area contributed by atoms with Crippen LogP contribution in [0, 0.1) is 6.92 Å². The van der Waals surface area contributed by atoms with E-state index >= 15 is 0 Å². The Morgan fingerprint density at radius 3 is 2.00 bits per heavy atom. The van der Waals surface area contributed by atoms with Gasteiger partial charge in [0.05, 0.1) is 0 Å². The summed E-state index contributed by atoms with van der Waals surface area (Å²) in [7, 11) is 0. The fourth-order valence-corrected chi connectivity index (χ4v) is 1.81. The maximum atomic E-state index is 11.8. The summed E-state index contributed by atoms with van der Waals surface area (Å²) in [5.74, 6) is -0.226. The van der Waals surface area contributed by atoms with Gasteiger partial charge in [-0.2, -0.15) is 0 Å². The lowest BCUT2D eigenvalue weighted by atomic mass is 10.1. The van der Waals surface area contributed by atoms with Gasteiger partial charge in [-0.05, 0) is 42.8 Å². The van der Waals surface area contributed by atoms with E-state index in [1.54, 1.807) is 30.3 Å². The number of rotatable bonds is 4. The minimum atomic E-state index is -0.627. The largest absolute Gasteiger partial charge is 0.351 e. The summed E-state index contributed by atoms with van der Waals surface area (Å²) in [6.45, 7) is 2.01. The van der Waals surface area contributed by atoms with E-state index in [-0.39, 0.29) is 5.91 Å². The lowest BCUT2D eigenvalue weighted by molar-refractivity contribution is -0.111. The summed E-state index contributed by atoms with van der Waals surface area (Å²) < 4.78 is 0. The SMILES string of the molecule is Cc1ccc(/C=C/C(=O)Nc2ccc(NC(N)=O)cc2)cc1. The van der Waals surface area contributed by atoms with Crippen molar-refractivity contribution in [3.63, 3.8) is 0 Å². The van der Waals surface area contributed by atoms with E-state index in [0.717, 1.165) is 5.56 Å². The van der Waals surface area contributed by atoms with E-state index in [2.05, 4.69) is 10.6 Å². The van der Waals surface area contributed by atoms with Crippen LogP contribution < -0.4 is 16.4 Å². The van der Waals surface area contributed by atoms with E-state index in [9.17, 15) is 9.59 Å². The van der Waals surface area contributed by atoms with Gasteiger partial charge in [0.1, 0.15) is 0 Å². The molecule has 0 fully saturated rings. The minimum absolute atomic E-state index is 0.226. The lowest BCUT2D eigenvalue weighted by Crippen LogP contribution is -2.19. The maximum absolute atomic E-state index is 11.8. The van der Waals surface area contributed by atoms with Crippen LogP contribution in [-0.2, 0) is 4.79 Å². The third kappa shape index (κ3) is 4.79. The third-order valence-corrected chi connectivity index (χ3v) is 2.92. The highest BCUT2D eigenvalue weighted by molar-refractivity contribution is 6.02. The van der Waals surface area contributed by atoms with Gasteiger partial charge in [-0.25, -0.2) is 4.79 Å². The third-order valence-electron chi connectivity index (χ3n) is 2.92. The van der Waals surface area contributed by atoms with Crippen LogP contribution >= 0.6 is 0 Å². The molecule has 2 aromatic rings. The van der Waals surface area contributed by atoms with Crippen LogP contribution in [-0.4, -0.2) is 11.9 Å². The molecular formula is C17H17N3O2. The molecule has 0 radical (unpaired) electrons. The summed E-state index contributed by atoms with van der Waals surface area (Å²) in [5.41, 5.74) is 8.35. The molecule has 0 bridgehead atoms. The number of urea groups is 1. The van der Waals surface area contributed by atoms with E-state index < -0.39 is 6.03 Å². The molecule has 5 nitrogen and oxygen atoms in total. The molecule has 0 spiro atoms. The molecular weight excluding hydrogens is 278 g/mol. The number of anilines is 2. The van der Waals surface area contributed by atoms with Crippen molar-refractivity contribution in [3.8, 4) is 0 Å². The number of carbonyl (C=O) groups excluding carboxylic acids is 2. The van der Waals surface area contributed by atoms with E-state index in [4.69, 9.17) is 5.73 Å². The summed E-state index contributed by atoms with van der Waals surface area (Å²) in [5, 5.41) is 5.18. The average Bonchev–Trinajstić information content (AvgIpc) is 2.48. The van der Waals surface area contributed by atoms with Crippen LogP contribution in [0.5, 0.6) is 0 Å². The van der Waals surface area contributed by atoms with E-state index in [1.807, 2.05) is 31.2 Å². The highest BCUT2D eigenvalue weighted by Crippen LogP contribution is 2.13. The van der Waals surface area contributed by atoms with Crippen molar-refractivity contribution in [2.24, 2.45) is 5.73 Å². The van der Waals surface area contributed by atoms with Crippen LogP contribution in [0.3, 0.4) is 0 Å². The normalized spacial score (nSPS) is 10.4. The molecule has 3 amide bonds. The summed E-state index contributed by atoms with van der Waals surface area (Å²) in [4.78, 5) is 22.5. The quantitative estimate of drug-likeness (QED) is 0.757. The number of benzene rings is 2. The molecule has 5 heteroatoms. The smallest absolute Gasteiger partial charge is 0.316 e. The molecule has 0 saturated heterocycles. The molecule has 0 heterocycles. The first-order chi connectivity index (χ1) is 10.5. The fraction of sp³-hybridized carbons (Fsp3) is 0.0588. The van der Waals surface area contributed by atoms with Gasteiger partial charge in [-0.15, -0.1) is 0 Å². The minimum Gasteiger partial charge on any atom is -0.351 e. The summed E-state index contributed by atoms with van der Waals surface area (Å²) >= 11 is 0. The van der Waals surface area contributed by atoms with Crippen molar-refractivity contribution in [3.05, 3.63) is 65.7 Å². The Hall–Kier alpha value is -3.08. The number of hydrogen-bond donors (Lipinski definition) is 3. The second-order valence-electron chi connectivity index (χ2n) is 4.80. The molecule has 0 aliphatic rings. The van der Waals surface area contributed by atoms with Crippen LogP contribution in [0.4, 0.5) is 16.2 Å². The monoisotopic (exact) mass is 295 g/mol. The van der Waals surface area contributed by atoms with Gasteiger partial charge < -0.3 is 16.4 Å². The van der Waals surface area contributed by atoms with Gasteiger partial charge >= 0.3 is 6.03 Å². The molecule has 22 heavy (non-hydrogen) atoms. The van der Waals surface area contributed by atoms with Gasteiger partial charge in [0.2, 0.25) is 5.91 Å². The highest BCUT2D eigenvalue weighted by Gasteiger charge is 1.99. The summed E-state index contributed by atoms with van der Waals surface area (Å²) in [6.07, 6.45) is 3.22. The van der Waals surface area contributed by atoms with Crippen molar-refractivity contribution in [1.29, 1.82) is 0 Å². The number of nitrogens with two attached hydrogens (primary N) is 1. The van der Waals surface area contributed by atoms with Crippen molar-refractivity contribution >= 4 is 29.4 Å². The molecule has 0 aliphatic heterocycles. The van der Waals surface area contributed by atoms with Gasteiger partial charge in [0, 0.05) is 17.5 Å². The molecule has 2 aromatic carbocycles. The second kappa shape index (κ2) is 7.08. The molecule has 0 aromatic heterocycles. The number of aryl methyl sites for hydroxylation is 1. The number of primary amides is 1. The Morgan fingerprint density at radius 2 is 1.45 bits per heavy atom. The highest BCUT2D eigenvalue weighted by atomic mass is 16.2. The first-order valence-electron chi connectivity index (χ1n) is 6.75. The van der Waals surface area contributed by atoms with Crippen molar-refractivity contribution in [1.82, 2.24) is 0 Å². The van der Waals surface area contributed by atoms with Gasteiger partial charge in [0.15, 0.2) is 0 Å². The number of nitrogens with one attached hydrogen (secondary N) is 2. The number of amides is 3. The van der Waals surface area contributed by atoms with Crippen LogP contribution in [0.25, 0.3) is 6.08 Å². The zero-order chi connectivity index (χ0) is 15.9. The average molecular weight is 295 g/mol. The Balaban J connectivity index is 1.94. The maximum Gasteiger partial charge on any atom is 0.316 e. The lowest BCUT2D eigenvalue weighted by Gasteiger charge is -2.05. The zero-order valence-corrected chi connectivity index (χ0v) is 12.2. The van der Waals surface area contributed by atoms with Gasteiger partial charge in [0.25, 0.3) is 0 Å². The van der Waals surface area contributed by atoms with Gasteiger partial charge in [-0.1, -0.05) is 29.8 Å². The van der Waals surface area contributed by atoms with Crippen molar-refractivity contribution < 1.29 is 9.59 Å². The van der Waals surface area contributed by atoms with Crippen molar-refractivity contribution in [2.45, 2.75) is 6.92 Å². The van der Waals surface area contributed by atoms with E-state index in [0.29, 0.717) is 11.4 Å². The van der Waals surface area contributed by atoms with Crippen molar-refractivity contribution in [2.75, 3.05) is 10.6 Å². The topological polar surface area (TPSA) is 84.2 Å². The first kappa shape index (κ1) is 15.3. The molecule has 0 unspecified atom stereocenters. The molecule has 0 atom stereocenters. The number of carbonyl (C=O) groups is 2. The Kier molecular flexibility index (Phi) is 4.93. The molecule has 0 saturated carbocycles. The molecule has 112 valence electrons. The molecule has 2 rings (SSSR count). The number of hydrogen-bond acceptors (Lipinski definition) is 2. The summed E-state index contributed by atoms with van der Waals surface area (Å²) in [6, 6.07) is 13.9. The fourth-order valence-electron chi connectivity index (χ4n) is 1.81. The van der Waals surface area contributed by atoms with Crippen LogP contribution in [0.1, 0.15) is 11.1 Å². The predicted octanol–water partition coefficient (Wildman–Crippen LogP) is 3.14. The standard InChI is InChI=1S/C17H17N3O2/c1-12-2-4-13(5-3-12)6-11-16(21)19-14-7-9-15(10-8-14)20-17(18)22/h2-11H,1H3,(H,19,21)(H3,18,20,22)/b11-6+. The predicted molar refractivity (Wildman–Crippen MR) is 88.5 cm³/mol. The zero-order valence-electron chi connectivity index (χ0n) is 12.2. The molecule has 4 N–H and O–H groups in total. The van der Waals surface area contributed by atoms with Crippen LogP contribution in [0.2, 0.25) is 0 Å². The van der Waals surface area contributed by atoms with Crippen LogP contribution in [0.15, 0.2) is 54.6 Å². The Bertz CT molecular complexity index is 689. The van der Waals surface area contributed by atoms with E-state index in [1.165, 1.54) is 11.6 Å².